The van der Waals surface area contributed by atoms with Crippen LogP contribution in [0, 0.1) is 0 Å². The van der Waals surface area contributed by atoms with Crippen molar-refractivity contribution >= 4 is 0 Å². The van der Waals surface area contributed by atoms with E-state index in [1.54, 1.807) is 7.11 Å². The van der Waals surface area contributed by atoms with E-state index >= 15 is 0 Å². The van der Waals surface area contributed by atoms with Crippen molar-refractivity contribution < 1.29 is 14.6 Å². The Hall–Kier alpha value is -0.160. The first-order valence-corrected chi connectivity index (χ1v) is 6.23. The summed E-state index contributed by atoms with van der Waals surface area (Å²) in [6.07, 6.45) is 3.52. The van der Waals surface area contributed by atoms with Gasteiger partial charge in [0.2, 0.25) is 0 Å². The van der Waals surface area contributed by atoms with Gasteiger partial charge in [0.05, 0.1) is 25.4 Å². The van der Waals surface area contributed by atoms with E-state index in [9.17, 15) is 5.11 Å². The first-order valence-electron chi connectivity index (χ1n) is 6.23. The minimum atomic E-state index is -0.377. The highest BCUT2D eigenvalue weighted by Crippen LogP contribution is 2.09. The van der Waals surface area contributed by atoms with Gasteiger partial charge in [-0.1, -0.05) is 6.42 Å². The highest BCUT2D eigenvalue weighted by atomic mass is 16.5. The minimum absolute atomic E-state index is 0.0565. The molecule has 1 N–H and O–H groups in total. The number of aliphatic hydroxyl groups excluding tert-OH is 1. The molecule has 1 rings (SSSR count). The van der Waals surface area contributed by atoms with Crippen LogP contribution < -0.4 is 0 Å². The lowest BCUT2D eigenvalue weighted by atomic mass is 10.1. The van der Waals surface area contributed by atoms with Gasteiger partial charge in [-0.15, -0.1) is 0 Å². The summed E-state index contributed by atoms with van der Waals surface area (Å²) in [6.45, 7) is 5.91. The van der Waals surface area contributed by atoms with Crippen LogP contribution in [0.5, 0.6) is 0 Å². The molecule has 0 aromatic carbocycles. The Morgan fingerprint density at radius 2 is 1.88 bits per heavy atom. The molecule has 1 aliphatic rings. The number of β-amino-alcohol motifs (C(OH)–C–C–N with tert-alkyl or cyclic N) is 1. The van der Waals surface area contributed by atoms with Crippen LogP contribution in [-0.4, -0.2) is 62.2 Å². The number of hydrogen-bond acceptors (Lipinski definition) is 4. The molecule has 1 heterocycles. The topological polar surface area (TPSA) is 41.9 Å². The number of hydrogen-bond donors (Lipinski definition) is 1. The number of aliphatic hydroxyl groups is 1. The van der Waals surface area contributed by atoms with E-state index in [0.717, 1.165) is 19.6 Å². The van der Waals surface area contributed by atoms with E-state index in [0.29, 0.717) is 13.2 Å². The Balaban J connectivity index is 2.07. The molecule has 4 nitrogen and oxygen atoms in total. The Bertz CT molecular complexity index is 172. The van der Waals surface area contributed by atoms with Gasteiger partial charge in [0, 0.05) is 13.7 Å². The van der Waals surface area contributed by atoms with Crippen LogP contribution in [0.2, 0.25) is 0 Å². The average Bonchev–Trinajstić information content (AvgIpc) is 2.28. The van der Waals surface area contributed by atoms with Crippen LogP contribution in [0.15, 0.2) is 0 Å². The predicted octanol–water partition coefficient (Wildman–Crippen LogP) is 0.885. The SMILES string of the molecule is COCC(C)OCC(O)CN1CCCCC1. The van der Waals surface area contributed by atoms with Gasteiger partial charge in [0.25, 0.3) is 0 Å². The van der Waals surface area contributed by atoms with Crippen LogP contribution in [0.1, 0.15) is 26.2 Å². The monoisotopic (exact) mass is 231 g/mol. The van der Waals surface area contributed by atoms with Gasteiger partial charge >= 0.3 is 0 Å². The zero-order chi connectivity index (χ0) is 11.8. The molecule has 2 atom stereocenters. The van der Waals surface area contributed by atoms with Crippen molar-refractivity contribution in [3.05, 3.63) is 0 Å². The van der Waals surface area contributed by atoms with Crippen molar-refractivity contribution in [2.75, 3.05) is 40.0 Å². The number of piperidine rings is 1. The van der Waals surface area contributed by atoms with Gasteiger partial charge in [0.1, 0.15) is 0 Å². The molecule has 96 valence electrons. The smallest absolute Gasteiger partial charge is 0.0900 e. The summed E-state index contributed by atoms with van der Waals surface area (Å²) in [5, 5.41) is 9.81. The molecule has 2 unspecified atom stereocenters. The van der Waals surface area contributed by atoms with Gasteiger partial charge in [-0.3, -0.25) is 0 Å². The van der Waals surface area contributed by atoms with E-state index in [-0.39, 0.29) is 12.2 Å². The highest BCUT2D eigenvalue weighted by molar-refractivity contribution is 4.68. The molecule has 0 aliphatic carbocycles. The molecule has 0 spiro atoms. The molecule has 0 radical (unpaired) electrons. The second-order valence-electron chi connectivity index (χ2n) is 4.61. The third-order valence-corrected chi connectivity index (χ3v) is 2.89. The molecule has 0 amide bonds. The van der Waals surface area contributed by atoms with Crippen LogP contribution in [0.3, 0.4) is 0 Å². The fraction of sp³-hybridized carbons (Fsp3) is 1.00. The van der Waals surface area contributed by atoms with Crippen LogP contribution in [0.25, 0.3) is 0 Å². The minimum Gasteiger partial charge on any atom is -0.389 e. The zero-order valence-electron chi connectivity index (χ0n) is 10.5. The van der Waals surface area contributed by atoms with Gasteiger partial charge in [0.15, 0.2) is 0 Å². The molecular weight excluding hydrogens is 206 g/mol. The van der Waals surface area contributed by atoms with E-state index in [1.165, 1.54) is 19.3 Å². The van der Waals surface area contributed by atoms with Gasteiger partial charge in [-0.05, 0) is 32.9 Å². The molecule has 4 heteroatoms. The summed E-state index contributed by atoms with van der Waals surface area (Å²) in [5.74, 6) is 0. The molecule has 1 fully saturated rings. The highest BCUT2D eigenvalue weighted by Gasteiger charge is 2.15. The van der Waals surface area contributed by atoms with Crippen molar-refractivity contribution in [2.24, 2.45) is 0 Å². The van der Waals surface area contributed by atoms with E-state index < -0.39 is 0 Å². The predicted molar refractivity (Wildman–Crippen MR) is 63.6 cm³/mol. The maximum atomic E-state index is 9.81. The lowest BCUT2D eigenvalue weighted by Crippen LogP contribution is -2.38. The lowest BCUT2D eigenvalue weighted by Gasteiger charge is -2.28. The Morgan fingerprint density at radius 1 is 1.19 bits per heavy atom. The van der Waals surface area contributed by atoms with Crippen LogP contribution >= 0.6 is 0 Å². The quantitative estimate of drug-likeness (QED) is 0.706. The molecule has 1 aliphatic heterocycles. The first-order chi connectivity index (χ1) is 7.72. The van der Waals surface area contributed by atoms with Crippen molar-refractivity contribution in [3.8, 4) is 0 Å². The van der Waals surface area contributed by atoms with E-state index in [1.807, 2.05) is 6.92 Å². The maximum Gasteiger partial charge on any atom is 0.0900 e. The fourth-order valence-corrected chi connectivity index (χ4v) is 2.05. The third-order valence-electron chi connectivity index (χ3n) is 2.89. The molecule has 1 saturated heterocycles. The maximum absolute atomic E-state index is 9.81. The number of nitrogens with zero attached hydrogens (tertiary/aromatic N) is 1. The normalized spacial score (nSPS) is 21.9. The summed E-state index contributed by atoms with van der Waals surface area (Å²) in [6, 6.07) is 0. The first kappa shape index (κ1) is 13.9. The Labute approximate surface area is 98.5 Å². The number of methoxy groups -OCH3 is 1. The number of ether oxygens (including phenoxy) is 2. The zero-order valence-corrected chi connectivity index (χ0v) is 10.5. The summed E-state index contributed by atoms with van der Waals surface area (Å²) < 4.78 is 10.5. The van der Waals surface area contributed by atoms with E-state index in [2.05, 4.69) is 4.90 Å². The van der Waals surface area contributed by atoms with Crippen LogP contribution in [-0.2, 0) is 9.47 Å². The van der Waals surface area contributed by atoms with E-state index in [4.69, 9.17) is 9.47 Å². The largest absolute Gasteiger partial charge is 0.389 e. The second-order valence-corrected chi connectivity index (χ2v) is 4.61. The Morgan fingerprint density at radius 3 is 2.50 bits per heavy atom. The third kappa shape index (κ3) is 5.80. The average molecular weight is 231 g/mol. The molecule has 0 aromatic heterocycles. The summed E-state index contributed by atoms with van der Waals surface area (Å²) in [5.41, 5.74) is 0. The Kier molecular flexibility index (Phi) is 6.96. The summed E-state index contributed by atoms with van der Waals surface area (Å²) >= 11 is 0. The second kappa shape index (κ2) is 8.01. The molecule has 0 bridgehead atoms. The summed E-state index contributed by atoms with van der Waals surface area (Å²) in [7, 11) is 1.66. The number of likely N-dealkylation sites (tertiary alicyclic amines) is 1. The molecule has 0 aromatic rings. The van der Waals surface area contributed by atoms with Gasteiger partial charge in [-0.25, -0.2) is 0 Å². The summed E-state index contributed by atoms with van der Waals surface area (Å²) in [4.78, 5) is 2.32. The fourth-order valence-electron chi connectivity index (χ4n) is 2.05. The van der Waals surface area contributed by atoms with Crippen molar-refractivity contribution in [1.29, 1.82) is 0 Å². The lowest BCUT2D eigenvalue weighted by molar-refractivity contribution is -0.0407. The van der Waals surface area contributed by atoms with Crippen molar-refractivity contribution in [3.63, 3.8) is 0 Å². The molecule has 16 heavy (non-hydrogen) atoms. The molecular formula is C12H25NO3. The molecule has 0 saturated carbocycles. The van der Waals surface area contributed by atoms with Crippen LogP contribution in [0.4, 0.5) is 0 Å². The van der Waals surface area contributed by atoms with Gasteiger partial charge < -0.3 is 19.5 Å². The number of rotatable bonds is 7. The van der Waals surface area contributed by atoms with Crippen molar-refractivity contribution in [2.45, 2.75) is 38.4 Å². The standard InChI is InChI=1S/C12H25NO3/c1-11(9-15-2)16-10-12(14)8-13-6-4-3-5-7-13/h11-12,14H,3-10H2,1-2H3. The van der Waals surface area contributed by atoms with Crippen molar-refractivity contribution in [1.82, 2.24) is 4.90 Å². The van der Waals surface area contributed by atoms with Gasteiger partial charge in [-0.2, -0.15) is 0 Å².